The van der Waals surface area contributed by atoms with Crippen LogP contribution in [0.1, 0.15) is 37.7 Å². The first-order valence-electron chi connectivity index (χ1n) is 7.69. The van der Waals surface area contributed by atoms with Gasteiger partial charge in [0.05, 0.1) is 5.75 Å². The van der Waals surface area contributed by atoms with E-state index in [4.69, 9.17) is 0 Å². The van der Waals surface area contributed by atoms with Crippen LogP contribution in [0.15, 0.2) is 24.3 Å². The van der Waals surface area contributed by atoms with Gasteiger partial charge in [0.1, 0.15) is 5.82 Å². The molecule has 0 saturated heterocycles. The zero-order chi connectivity index (χ0) is 14.9. The van der Waals surface area contributed by atoms with Gasteiger partial charge < -0.3 is 0 Å². The summed E-state index contributed by atoms with van der Waals surface area (Å²) in [4.78, 5) is 0. The molecule has 0 spiro atoms. The lowest BCUT2D eigenvalue weighted by molar-refractivity contribution is 0.333. The van der Waals surface area contributed by atoms with Gasteiger partial charge in [-0.25, -0.2) is 17.5 Å². The summed E-state index contributed by atoms with van der Waals surface area (Å²) in [6.07, 6.45) is 5.93. The summed E-state index contributed by atoms with van der Waals surface area (Å²) < 4.78 is 40.6. The molecule has 2 saturated carbocycles. The molecule has 1 N–H and O–H groups in total. The van der Waals surface area contributed by atoms with Gasteiger partial charge >= 0.3 is 0 Å². The molecule has 3 rings (SSSR count). The Hall–Kier alpha value is -0.940. The third kappa shape index (κ3) is 3.46. The number of halogens is 1. The van der Waals surface area contributed by atoms with Crippen LogP contribution in [0.5, 0.6) is 0 Å². The second-order valence-corrected chi connectivity index (χ2v) is 8.45. The lowest BCUT2D eigenvalue weighted by Gasteiger charge is -2.26. The average molecular weight is 311 g/mol. The Kier molecular flexibility index (Phi) is 4.06. The fourth-order valence-electron chi connectivity index (χ4n) is 4.01. The molecule has 2 bridgehead atoms. The van der Waals surface area contributed by atoms with Gasteiger partial charge in [-0.3, -0.25) is 0 Å². The fraction of sp³-hybridized carbons (Fsp3) is 0.625. The summed E-state index contributed by atoms with van der Waals surface area (Å²) in [5, 5.41) is 0. The molecule has 2 fully saturated rings. The number of hydrogen-bond acceptors (Lipinski definition) is 2. The van der Waals surface area contributed by atoms with Gasteiger partial charge in [-0.15, -0.1) is 0 Å². The lowest BCUT2D eigenvalue weighted by Crippen LogP contribution is -2.35. The van der Waals surface area contributed by atoms with Crippen LogP contribution in [0, 0.1) is 17.2 Å². The molecule has 1 aromatic rings. The zero-order valence-corrected chi connectivity index (χ0v) is 13.0. The molecule has 0 atom stereocenters. The molecule has 5 heteroatoms. The first-order valence-corrected chi connectivity index (χ1v) is 9.34. The van der Waals surface area contributed by atoms with Crippen LogP contribution in [0.25, 0.3) is 0 Å². The number of rotatable bonds is 6. The maximum Gasteiger partial charge on any atom is 0.212 e. The molecule has 3 nitrogen and oxygen atoms in total. The van der Waals surface area contributed by atoms with Crippen LogP contribution >= 0.6 is 0 Å². The van der Waals surface area contributed by atoms with E-state index in [0.29, 0.717) is 12.0 Å². The number of benzene rings is 1. The second-order valence-electron chi connectivity index (χ2n) is 6.64. The van der Waals surface area contributed by atoms with E-state index < -0.39 is 10.0 Å². The minimum absolute atomic E-state index is 0.0223. The molecule has 21 heavy (non-hydrogen) atoms. The van der Waals surface area contributed by atoms with E-state index in [1.165, 1.54) is 18.9 Å². The predicted octanol–water partition coefficient (Wildman–Crippen LogP) is 2.87. The second kappa shape index (κ2) is 5.69. The summed E-state index contributed by atoms with van der Waals surface area (Å²) in [7, 11) is -3.26. The molecule has 2 aliphatic rings. The third-order valence-electron chi connectivity index (χ3n) is 5.06. The first-order chi connectivity index (χ1) is 9.98. The molecule has 116 valence electrons. The highest BCUT2D eigenvalue weighted by Gasteiger charge is 2.47. The van der Waals surface area contributed by atoms with Gasteiger partial charge in [-0.05, 0) is 61.5 Å². The van der Waals surface area contributed by atoms with Crippen LogP contribution in [-0.4, -0.2) is 20.7 Å². The lowest BCUT2D eigenvalue weighted by atomic mass is 9.87. The maximum absolute atomic E-state index is 13.5. The fourth-order valence-corrected chi connectivity index (χ4v) is 5.74. The van der Waals surface area contributed by atoms with Crippen molar-refractivity contribution in [2.24, 2.45) is 11.3 Å². The van der Waals surface area contributed by atoms with Crippen molar-refractivity contribution in [1.29, 1.82) is 0 Å². The largest absolute Gasteiger partial charge is 0.215 e. The number of fused-ring (bicyclic) bond motifs is 2. The smallest absolute Gasteiger partial charge is 0.212 e. The van der Waals surface area contributed by atoms with Gasteiger partial charge in [-0.2, -0.15) is 0 Å². The number of hydrogen-bond donors (Lipinski definition) is 1. The molecule has 0 aliphatic heterocycles. The quantitative estimate of drug-likeness (QED) is 0.878. The minimum Gasteiger partial charge on any atom is -0.215 e. The maximum atomic E-state index is 13.5. The summed E-state index contributed by atoms with van der Waals surface area (Å²) in [5.41, 5.74) is 0.578. The molecule has 0 aromatic heterocycles. The predicted molar refractivity (Wildman–Crippen MR) is 80.9 cm³/mol. The monoisotopic (exact) mass is 311 g/mol. The van der Waals surface area contributed by atoms with Crippen molar-refractivity contribution in [3.63, 3.8) is 0 Å². The van der Waals surface area contributed by atoms with Crippen molar-refractivity contribution >= 4 is 10.0 Å². The van der Waals surface area contributed by atoms with E-state index in [1.807, 2.05) is 0 Å². The molecule has 0 radical (unpaired) electrons. The Morgan fingerprint density at radius 3 is 2.57 bits per heavy atom. The number of nitrogens with one attached hydrogen (secondary N) is 1. The SMILES string of the molecule is O=S(=O)(CC12CCC(CC1)C2)NCCc1ccccc1F. The third-order valence-corrected chi connectivity index (χ3v) is 6.69. The zero-order valence-electron chi connectivity index (χ0n) is 12.1. The Morgan fingerprint density at radius 1 is 1.24 bits per heavy atom. The first kappa shape index (κ1) is 15.0. The van der Waals surface area contributed by atoms with Gasteiger partial charge in [0.25, 0.3) is 0 Å². The van der Waals surface area contributed by atoms with E-state index in [2.05, 4.69) is 4.72 Å². The molecular formula is C16H22FNO2S. The van der Waals surface area contributed by atoms with E-state index in [1.54, 1.807) is 18.2 Å². The number of sulfonamides is 1. The van der Waals surface area contributed by atoms with Gasteiger partial charge in [0.2, 0.25) is 10.0 Å². The van der Waals surface area contributed by atoms with Crippen molar-refractivity contribution < 1.29 is 12.8 Å². The van der Waals surface area contributed by atoms with Crippen molar-refractivity contribution in [2.75, 3.05) is 12.3 Å². The Labute approximate surface area is 126 Å². The Bertz CT molecular complexity index is 606. The summed E-state index contributed by atoms with van der Waals surface area (Å²) in [6.45, 7) is 0.267. The molecule has 0 heterocycles. The molecule has 1 aromatic carbocycles. The van der Waals surface area contributed by atoms with Gasteiger partial charge in [0, 0.05) is 6.54 Å². The highest BCUT2D eigenvalue weighted by Crippen LogP contribution is 2.54. The van der Waals surface area contributed by atoms with Crippen LogP contribution in [-0.2, 0) is 16.4 Å². The van der Waals surface area contributed by atoms with E-state index in [0.717, 1.165) is 25.2 Å². The van der Waals surface area contributed by atoms with E-state index >= 15 is 0 Å². The topological polar surface area (TPSA) is 46.2 Å². The van der Waals surface area contributed by atoms with Crippen molar-refractivity contribution in [3.8, 4) is 0 Å². The summed E-state index contributed by atoms with van der Waals surface area (Å²) in [5.74, 6) is 0.719. The minimum atomic E-state index is -3.26. The van der Waals surface area contributed by atoms with Gasteiger partial charge in [-0.1, -0.05) is 18.2 Å². The average Bonchev–Trinajstić information content (AvgIpc) is 3.00. The van der Waals surface area contributed by atoms with Crippen LogP contribution in [0.2, 0.25) is 0 Å². The van der Waals surface area contributed by atoms with Crippen molar-refractivity contribution in [3.05, 3.63) is 35.6 Å². The van der Waals surface area contributed by atoms with Crippen LogP contribution in [0.3, 0.4) is 0 Å². The Morgan fingerprint density at radius 2 is 1.95 bits per heavy atom. The molecular weight excluding hydrogens is 289 g/mol. The van der Waals surface area contributed by atoms with Gasteiger partial charge in [0.15, 0.2) is 0 Å². The highest BCUT2D eigenvalue weighted by molar-refractivity contribution is 7.89. The standard InChI is InChI=1S/C16H22FNO2S/c17-15-4-2-1-3-14(15)7-10-18-21(19,20)12-16-8-5-13(11-16)6-9-16/h1-4,13,18H,5-12H2. The normalized spacial score (nSPS) is 28.1. The van der Waals surface area contributed by atoms with Crippen LogP contribution < -0.4 is 4.72 Å². The van der Waals surface area contributed by atoms with Crippen LogP contribution in [0.4, 0.5) is 4.39 Å². The molecule has 2 aliphatic carbocycles. The summed E-state index contributed by atoms with van der Waals surface area (Å²) in [6, 6.07) is 6.50. The molecule has 0 amide bonds. The van der Waals surface area contributed by atoms with Crippen molar-refractivity contribution in [2.45, 2.75) is 38.5 Å². The van der Waals surface area contributed by atoms with E-state index in [-0.39, 0.29) is 23.5 Å². The molecule has 0 unspecified atom stereocenters. The highest BCUT2D eigenvalue weighted by atomic mass is 32.2. The van der Waals surface area contributed by atoms with Crippen molar-refractivity contribution in [1.82, 2.24) is 4.72 Å². The van der Waals surface area contributed by atoms with E-state index in [9.17, 15) is 12.8 Å². The Balaban J connectivity index is 1.54. The summed E-state index contributed by atoms with van der Waals surface area (Å²) >= 11 is 0.